The summed E-state index contributed by atoms with van der Waals surface area (Å²) in [7, 11) is 0. The van der Waals surface area contributed by atoms with Crippen molar-refractivity contribution in [3.8, 4) is 0 Å². The molecular formula is H6N5NaO15. The van der Waals surface area contributed by atoms with Crippen LogP contribution in [0.25, 0.3) is 0 Å². The number of rotatable bonds is 0. The molecule has 0 aromatic heterocycles. The SMILES string of the molecule is O=[N+]([O-])O.O=[N+]([O-])O.O=[N+]([O-])O.O=[N+]([O-])O.O=[N+]([O-])O.[NaH]. The van der Waals surface area contributed by atoms with Gasteiger partial charge in [0.15, 0.2) is 0 Å². The minimum absolute atomic E-state index is 0. The molecule has 0 fully saturated rings. The monoisotopic (exact) mass is 339 g/mol. The predicted octanol–water partition coefficient (Wildman–Crippen LogP) is -2.39. The van der Waals surface area contributed by atoms with Crippen molar-refractivity contribution >= 4 is 29.6 Å². The van der Waals surface area contributed by atoms with E-state index in [0.29, 0.717) is 0 Å². The zero-order valence-corrected chi connectivity index (χ0v) is 8.55. The van der Waals surface area contributed by atoms with Crippen LogP contribution in [-0.4, -0.2) is 81.0 Å². The molecule has 0 aliphatic rings. The van der Waals surface area contributed by atoms with E-state index >= 15 is 0 Å². The minimum atomic E-state index is -1.50. The van der Waals surface area contributed by atoms with Crippen LogP contribution in [0.5, 0.6) is 0 Å². The van der Waals surface area contributed by atoms with Crippen molar-refractivity contribution in [1.29, 1.82) is 0 Å². The van der Waals surface area contributed by atoms with Crippen LogP contribution in [0.4, 0.5) is 0 Å². The quantitative estimate of drug-likeness (QED) is 0.174. The molecule has 0 aromatic rings. The molecule has 0 aromatic carbocycles. The molecule has 21 heteroatoms. The summed E-state index contributed by atoms with van der Waals surface area (Å²) in [5, 5.41) is 68.2. The molecule has 0 saturated carbocycles. The molecule has 0 bridgehead atoms. The van der Waals surface area contributed by atoms with Crippen molar-refractivity contribution in [3.05, 3.63) is 50.6 Å². The Morgan fingerprint density at radius 1 is 0.429 bits per heavy atom. The summed E-state index contributed by atoms with van der Waals surface area (Å²) in [4.78, 5) is 41.8. The molecule has 5 N–H and O–H groups in total. The van der Waals surface area contributed by atoms with Crippen molar-refractivity contribution in [1.82, 2.24) is 0 Å². The van der Waals surface area contributed by atoms with E-state index in [0.717, 1.165) is 0 Å². The van der Waals surface area contributed by atoms with Crippen LogP contribution in [0.1, 0.15) is 0 Å². The van der Waals surface area contributed by atoms with Crippen LogP contribution >= 0.6 is 0 Å². The number of nitrogens with zero attached hydrogens (tertiary/aromatic N) is 5. The number of hydrogen-bond acceptors (Lipinski definition) is 10. The van der Waals surface area contributed by atoms with E-state index in [2.05, 4.69) is 0 Å². The molecule has 0 radical (unpaired) electrons. The molecule has 0 spiro atoms. The van der Waals surface area contributed by atoms with E-state index in [1.807, 2.05) is 0 Å². The van der Waals surface area contributed by atoms with Gasteiger partial charge in [0.05, 0.1) is 0 Å². The van der Waals surface area contributed by atoms with Gasteiger partial charge in [0.2, 0.25) is 0 Å². The Kier molecular flexibility index (Phi) is 52.0. The molecular weight excluding hydrogens is 333 g/mol. The van der Waals surface area contributed by atoms with E-state index in [1.165, 1.54) is 0 Å². The normalized spacial score (nSPS) is 5.71. The van der Waals surface area contributed by atoms with Gasteiger partial charge >= 0.3 is 29.6 Å². The fraction of sp³-hybridized carbons (Fsp3) is 0. The average molecular weight is 339 g/mol. The summed E-state index contributed by atoms with van der Waals surface area (Å²) in [6.45, 7) is 0. The zero-order valence-electron chi connectivity index (χ0n) is 8.55. The fourth-order valence-electron chi connectivity index (χ4n) is 0. The third kappa shape index (κ3) is 425. The second kappa shape index (κ2) is 30.2. The first-order valence-electron chi connectivity index (χ1n) is 2.83. The van der Waals surface area contributed by atoms with Gasteiger partial charge in [-0.1, -0.05) is 0 Å². The third-order valence-corrected chi connectivity index (χ3v) is 0. The summed E-state index contributed by atoms with van der Waals surface area (Å²) < 4.78 is 0. The van der Waals surface area contributed by atoms with Gasteiger partial charge in [-0.3, -0.25) is 0 Å². The first-order chi connectivity index (χ1) is 8.66. The summed E-state index contributed by atoms with van der Waals surface area (Å²) in [6.07, 6.45) is 0. The van der Waals surface area contributed by atoms with E-state index < -0.39 is 25.4 Å². The Bertz CT molecular complexity index is 207. The summed E-state index contributed by atoms with van der Waals surface area (Å²) in [5.41, 5.74) is 0. The maximum atomic E-state index is 8.36. The van der Waals surface area contributed by atoms with Gasteiger partial charge in [0, 0.05) is 0 Å². The van der Waals surface area contributed by atoms with Gasteiger partial charge in [-0.25, -0.2) is 0 Å². The van der Waals surface area contributed by atoms with Gasteiger partial charge in [0.25, 0.3) is 25.4 Å². The van der Waals surface area contributed by atoms with Crippen molar-refractivity contribution in [2.45, 2.75) is 0 Å². The van der Waals surface area contributed by atoms with Crippen LogP contribution in [0.2, 0.25) is 0 Å². The molecule has 0 rings (SSSR count). The van der Waals surface area contributed by atoms with E-state index in [9.17, 15) is 0 Å². The van der Waals surface area contributed by atoms with Gasteiger partial charge in [-0.05, 0) is 0 Å². The van der Waals surface area contributed by atoms with E-state index in [1.54, 1.807) is 0 Å². The Hall–Kier alpha value is -3.00. The van der Waals surface area contributed by atoms with Crippen LogP contribution in [-0.2, 0) is 0 Å². The number of hydrogen-bond donors (Lipinski definition) is 5. The molecule has 0 atom stereocenters. The first kappa shape index (κ1) is 36.1. The topological polar surface area (TPSA) is 317 Å². The van der Waals surface area contributed by atoms with Crippen LogP contribution < -0.4 is 0 Å². The standard InChI is InChI=1S/5HNO3.Na.H/c5*2-1(3)4;;/h5*(H,2,3,4);;. The Labute approximate surface area is 132 Å². The predicted molar refractivity (Wildman–Crippen MR) is 51.1 cm³/mol. The van der Waals surface area contributed by atoms with Gasteiger partial charge in [0.1, 0.15) is 0 Å². The molecule has 0 saturated heterocycles. The van der Waals surface area contributed by atoms with Gasteiger partial charge in [-0.15, -0.1) is 50.6 Å². The van der Waals surface area contributed by atoms with E-state index in [4.69, 9.17) is 76.6 Å². The fourth-order valence-corrected chi connectivity index (χ4v) is 0. The van der Waals surface area contributed by atoms with Crippen LogP contribution in [0.15, 0.2) is 0 Å². The molecule has 0 aliphatic heterocycles. The summed E-state index contributed by atoms with van der Waals surface area (Å²) in [5.74, 6) is 0. The molecule has 122 valence electrons. The van der Waals surface area contributed by atoms with Crippen molar-refractivity contribution in [2.75, 3.05) is 0 Å². The third-order valence-electron chi connectivity index (χ3n) is 0. The van der Waals surface area contributed by atoms with Crippen LogP contribution in [0, 0.1) is 50.6 Å². The Balaban J connectivity index is -0.0000000331. The van der Waals surface area contributed by atoms with Gasteiger partial charge in [-0.2, -0.15) is 0 Å². The molecule has 20 nitrogen and oxygen atoms in total. The Morgan fingerprint density at radius 3 is 0.429 bits per heavy atom. The van der Waals surface area contributed by atoms with E-state index in [-0.39, 0.29) is 29.6 Å². The average Bonchev–Trinajstić information content (AvgIpc) is 1.94. The second-order valence-corrected chi connectivity index (χ2v) is 1.19. The van der Waals surface area contributed by atoms with Crippen molar-refractivity contribution in [2.24, 2.45) is 0 Å². The van der Waals surface area contributed by atoms with Crippen molar-refractivity contribution in [3.63, 3.8) is 0 Å². The molecule has 21 heavy (non-hydrogen) atoms. The van der Waals surface area contributed by atoms with Crippen molar-refractivity contribution < 1.29 is 51.5 Å². The molecule has 0 amide bonds. The zero-order chi connectivity index (χ0) is 17.9. The maximum absolute atomic E-state index is 8.36. The summed E-state index contributed by atoms with van der Waals surface area (Å²) in [6, 6.07) is 0. The van der Waals surface area contributed by atoms with Gasteiger partial charge < -0.3 is 26.0 Å². The Morgan fingerprint density at radius 2 is 0.429 bits per heavy atom. The molecule has 0 unspecified atom stereocenters. The van der Waals surface area contributed by atoms with Crippen LogP contribution in [0.3, 0.4) is 0 Å². The first-order valence-corrected chi connectivity index (χ1v) is 2.83. The molecule has 0 heterocycles. The molecule has 0 aliphatic carbocycles. The summed E-state index contributed by atoms with van der Waals surface area (Å²) >= 11 is 0. The second-order valence-electron chi connectivity index (χ2n) is 1.19.